The minimum absolute atomic E-state index is 0.109. The standard InChI is InChI=1S/C19H15BrN4O/c1-11(12-4-5-17-18(7-12)23-10-22-17)24-19(25)13-2-3-14-8-21-9-16(20)15(14)6-13/h2-11H,1H3,(H,22,23)(H,24,25). The zero-order chi connectivity index (χ0) is 17.4. The lowest BCUT2D eigenvalue weighted by molar-refractivity contribution is 0.0940. The molecular formula is C19H15BrN4O. The summed E-state index contributed by atoms with van der Waals surface area (Å²) >= 11 is 3.48. The summed E-state index contributed by atoms with van der Waals surface area (Å²) in [7, 11) is 0. The molecule has 1 atom stereocenters. The zero-order valence-corrected chi connectivity index (χ0v) is 15.0. The molecule has 1 unspecified atom stereocenters. The Bertz CT molecular complexity index is 1090. The fraction of sp³-hybridized carbons (Fsp3) is 0.105. The molecule has 1 amide bonds. The lowest BCUT2D eigenvalue weighted by atomic mass is 10.1. The van der Waals surface area contributed by atoms with Crippen molar-refractivity contribution in [3.63, 3.8) is 0 Å². The van der Waals surface area contributed by atoms with E-state index in [2.05, 4.69) is 36.2 Å². The molecule has 4 aromatic rings. The van der Waals surface area contributed by atoms with Crippen molar-refractivity contribution in [1.29, 1.82) is 0 Å². The van der Waals surface area contributed by atoms with Gasteiger partial charge in [-0.1, -0.05) is 12.1 Å². The van der Waals surface area contributed by atoms with Gasteiger partial charge in [-0.15, -0.1) is 0 Å². The van der Waals surface area contributed by atoms with E-state index < -0.39 is 0 Å². The van der Waals surface area contributed by atoms with E-state index in [0.717, 1.165) is 31.8 Å². The smallest absolute Gasteiger partial charge is 0.251 e. The fourth-order valence-electron chi connectivity index (χ4n) is 2.86. The number of nitrogens with zero attached hydrogens (tertiary/aromatic N) is 2. The van der Waals surface area contributed by atoms with E-state index in [1.807, 2.05) is 43.3 Å². The van der Waals surface area contributed by atoms with Gasteiger partial charge in [0.15, 0.2) is 0 Å². The second-order valence-corrected chi connectivity index (χ2v) is 6.79. The minimum Gasteiger partial charge on any atom is -0.346 e. The van der Waals surface area contributed by atoms with Crippen LogP contribution < -0.4 is 5.32 Å². The van der Waals surface area contributed by atoms with Crippen molar-refractivity contribution in [2.24, 2.45) is 0 Å². The minimum atomic E-state index is -0.114. The Hall–Kier alpha value is -2.73. The summed E-state index contributed by atoms with van der Waals surface area (Å²) < 4.78 is 0.873. The Morgan fingerprint density at radius 1 is 1.20 bits per heavy atom. The SMILES string of the molecule is CC(NC(=O)c1ccc2cncc(Br)c2c1)c1ccc2nc[nH]c2c1. The number of halogens is 1. The summed E-state index contributed by atoms with van der Waals surface area (Å²) in [4.78, 5) is 24.1. The van der Waals surface area contributed by atoms with Crippen LogP contribution in [-0.4, -0.2) is 20.9 Å². The highest BCUT2D eigenvalue weighted by molar-refractivity contribution is 9.10. The second kappa shape index (κ2) is 6.29. The number of carbonyl (C=O) groups excluding carboxylic acids is 1. The maximum Gasteiger partial charge on any atom is 0.251 e. The summed E-state index contributed by atoms with van der Waals surface area (Å²) in [5, 5.41) is 5.01. The van der Waals surface area contributed by atoms with Gasteiger partial charge < -0.3 is 10.3 Å². The van der Waals surface area contributed by atoms with E-state index in [9.17, 15) is 4.79 Å². The third-order valence-corrected chi connectivity index (χ3v) is 4.90. The summed E-state index contributed by atoms with van der Waals surface area (Å²) in [6, 6.07) is 11.4. The number of aromatic nitrogens is 3. The molecule has 2 aromatic heterocycles. The van der Waals surface area contributed by atoms with E-state index >= 15 is 0 Å². The number of benzene rings is 2. The molecule has 0 aliphatic carbocycles. The van der Waals surface area contributed by atoms with Gasteiger partial charge in [0.25, 0.3) is 5.91 Å². The number of fused-ring (bicyclic) bond motifs is 2. The third-order valence-electron chi connectivity index (χ3n) is 4.27. The number of imidazole rings is 1. The number of nitrogens with one attached hydrogen (secondary N) is 2. The van der Waals surface area contributed by atoms with Crippen LogP contribution >= 0.6 is 15.9 Å². The maximum atomic E-state index is 12.6. The molecule has 2 aromatic carbocycles. The Morgan fingerprint density at radius 3 is 2.96 bits per heavy atom. The van der Waals surface area contributed by atoms with Crippen LogP contribution in [0.25, 0.3) is 21.8 Å². The van der Waals surface area contributed by atoms with Gasteiger partial charge >= 0.3 is 0 Å². The number of pyridine rings is 1. The van der Waals surface area contributed by atoms with E-state index in [4.69, 9.17) is 0 Å². The van der Waals surface area contributed by atoms with Crippen molar-refractivity contribution >= 4 is 43.6 Å². The topological polar surface area (TPSA) is 70.7 Å². The van der Waals surface area contributed by atoms with Crippen molar-refractivity contribution in [3.05, 3.63) is 70.7 Å². The number of H-pyrrole nitrogens is 1. The van der Waals surface area contributed by atoms with E-state index in [1.165, 1.54) is 0 Å². The molecule has 25 heavy (non-hydrogen) atoms. The normalized spacial score (nSPS) is 12.4. The van der Waals surface area contributed by atoms with Gasteiger partial charge in [-0.3, -0.25) is 9.78 Å². The van der Waals surface area contributed by atoms with Crippen molar-refractivity contribution in [2.75, 3.05) is 0 Å². The van der Waals surface area contributed by atoms with Crippen molar-refractivity contribution < 1.29 is 4.79 Å². The Labute approximate surface area is 152 Å². The average Bonchev–Trinajstić information content (AvgIpc) is 3.09. The number of aromatic amines is 1. The van der Waals surface area contributed by atoms with Gasteiger partial charge in [0.1, 0.15) is 0 Å². The van der Waals surface area contributed by atoms with Crippen LogP contribution in [0.15, 0.2) is 59.6 Å². The van der Waals surface area contributed by atoms with Gasteiger partial charge in [-0.25, -0.2) is 4.98 Å². The number of carbonyl (C=O) groups is 1. The first-order valence-corrected chi connectivity index (χ1v) is 8.68. The lowest BCUT2D eigenvalue weighted by Crippen LogP contribution is -2.26. The summed E-state index contributed by atoms with van der Waals surface area (Å²) in [6.45, 7) is 1.97. The molecule has 0 saturated heterocycles. The molecule has 0 bridgehead atoms. The Balaban J connectivity index is 1.59. The van der Waals surface area contributed by atoms with Crippen molar-refractivity contribution in [2.45, 2.75) is 13.0 Å². The number of rotatable bonds is 3. The Morgan fingerprint density at radius 2 is 2.08 bits per heavy atom. The van der Waals surface area contributed by atoms with E-state index in [0.29, 0.717) is 5.56 Å². The third kappa shape index (κ3) is 3.00. The molecule has 2 heterocycles. The first kappa shape index (κ1) is 15.8. The van der Waals surface area contributed by atoms with Gasteiger partial charge in [-0.05, 0) is 58.1 Å². The van der Waals surface area contributed by atoms with Gasteiger partial charge in [0.2, 0.25) is 0 Å². The van der Waals surface area contributed by atoms with Crippen LogP contribution in [0.4, 0.5) is 0 Å². The molecule has 6 heteroatoms. The average molecular weight is 395 g/mol. The van der Waals surface area contributed by atoms with Crippen LogP contribution in [0, 0.1) is 0 Å². The van der Waals surface area contributed by atoms with Gasteiger partial charge in [0.05, 0.1) is 23.4 Å². The monoisotopic (exact) mass is 394 g/mol. The van der Waals surface area contributed by atoms with Crippen LogP contribution in [0.5, 0.6) is 0 Å². The van der Waals surface area contributed by atoms with Crippen LogP contribution in [0.2, 0.25) is 0 Å². The first-order chi connectivity index (χ1) is 12.1. The summed E-state index contributed by atoms with van der Waals surface area (Å²) in [5.74, 6) is -0.109. The predicted molar refractivity (Wildman–Crippen MR) is 101 cm³/mol. The van der Waals surface area contributed by atoms with Crippen LogP contribution in [-0.2, 0) is 0 Å². The summed E-state index contributed by atoms with van der Waals surface area (Å²) in [5.41, 5.74) is 3.51. The highest BCUT2D eigenvalue weighted by Crippen LogP contribution is 2.24. The molecule has 0 aliphatic heterocycles. The highest BCUT2D eigenvalue weighted by Gasteiger charge is 2.13. The van der Waals surface area contributed by atoms with E-state index in [1.54, 1.807) is 18.7 Å². The summed E-state index contributed by atoms with van der Waals surface area (Å²) in [6.07, 6.45) is 5.18. The second-order valence-electron chi connectivity index (χ2n) is 5.93. The molecule has 124 valence electrons. The first-order valence-electron chi connectivity index (χ1n) is 7.89. The van der Waals surface area contributed by atoms with Crippen molar-refractivity contribution in [3.8, 4) is 0 Å². The molecule has 2 N–H and O–H groups in total. The number of amides is 1. The highest BCUT2D eigenvalue weighted by atomic mass is 79.9. The largest absolute Gasteiger partial charge is 0.346 e. The lowest BCUT2D eigenvalue weighted by Gasteiger charge is -2.15. The number of hydrogen-bond acceptors (Lipinski definition) is 3. The molecule has 0 spiro atoms. The molecular weight excluding hydrogens is 380 g/mol. The molecule has 4 rings (SSSR count). The zero-order valence-electron chi connectivity index (χ0n) is 13.5. The maximum absolute atomic E-state index is 12.6. The quantitative estimate of drug-likeness (QED) is 0.541. The number of hydrogen-bond donors (Lipinski definition) is 2. The molecule has 0 saturated carbocycles. The fourth-order valence-corrected chi connectivity index (χ4v) is 3.32. The van der Waals surface area contributed by atoms with Gasteiger partial charge in [-0.2, -0.15) is 0 Å². The molecule has 0 radical (unpaired) electrons. The predicted octanol–water partition coefficient (Wildman–Crippen LogP) is 4.36. The van der Waals surface area contributed by atoms with Crippen LogP contribution in [0.3, 0.4) is 0 Å². The molecule has 0 aliphatic rings. The molecule has 0 fully saturated rings. The van der Waals surface area contributed by atoms with Gasteiger partial charge in [0, 0.05) is 27.8 Å². The Kier molecular flexibility index (Phi) is 3.97. The molecule has 5 nitrogen and oxygen atoms in total. The van der Waals surface area contributed by atoms with E-state index in [-0.39, 0.29) is 11.9 Å². The van der Waals surface area contributed by atoms with Crippen LogP contribution in [0.1, 0.15) is 28.9 Å². The van der Waals surface area contributed by atoms with Crippen molar-refractivity contribution in [1.82, 2.24) is 20.3 Å².